The second kappa shape index (κ2) is 4.89. The fourth-order valence-electron chi connectivity index (χ4n) is 1.50. The van der Waals surface area contributed by atoms with Crippen LogP contribution in [0.1, 0.15) is 26.4 Å². The van der Waals surface area contributed by atoms with E-state index in [9.17, 15) is 9.59 Å². The van der Waals surface area contributed by atoms with E-state index in [1.807, 2.05) is 0 Å². The number of aromatic nitrogens is 3. The standard InChI is InChI=1S/C12H12N4O3/c1-7-9(6-14-16(7)2)11(17)15-10-4-3-8(5-13-10)12(18)19/h3-6H,1-2H3,(H,18,19)(H,13,15,17). The molecule has 0 radical (unpaired) electrons. The first kappa shape index (κ1) is 12.7. The monoisotopic (exact) mass is 260 g/mol. The summed E-state index contributed by atoms with van der Waals surface area (Å²) < 4.78 is 1.59. The highest BCUT2D eigenvalue weighted by Crippen LogP contribution is 2.10. The van der Waals surface area contributed by atoms with Gasteiger partial charge in [0.2, 0.25) is 0 Å². The zero-order chi connectivity index (χ0) is 14.0. The predicted octanol–water partition coefficient (Wildman–Crippen LogP) is 1.07. The van der Waals surface area contributed by atoms with Crippen molar-refractivity contribution in [3.8, 4) is 0 Å². The van der Waals surface area contributed by atoms with Crippen molar-refractivity contribution >= 4 is 17.7 Å². The number of hydrogen-bond donors (Lipinski definition) is 2. The summed E-state index contributed by atoms with van der Waals surface area (Å²) in [6.07, 6.45) is 2.66. The van der Waals surface area contributed by atoms with E-state index in [2.05, 4.69) is 15.4 Å². The van der Waals surface area contributed by atoms with Gasteiger partial charge in [0.15, 0.2) is 0 Å². The SMILES string of the molecule is Cc1c(C(=O)Nc2ccc(C(=O)O)cn2)cnn1C. The predicted molar refractivity (Wildman–Crippen MR) is 67.1 cm³/mol. The molecule has 2 rings (SSSR count). The van der Waals surface area contributed by atoms with E-state index in [1.165, 1.54) is 24.5 Å². The fraction of sp³-hybridized carbons (Fsp3) is 0.167. The van der Waals surface area contributed by atoms with Crippen LogP contribution in [0.25, 0.3) is 0 Å². The van der Waals surface area contributed by atoms with Crippen LogP contribution in [0.3, 0.4) is 0 Å². The van der Waals surface area contributed by atoms with Crippen LogP contribution < -0.4 is 5.32 Å². The topological polar surface area (TPSA) is 97.1 Å². The maximum Gasteiger partial charge on any atom is 0.337 e. The van der Waals surface area contributed by atoms with Gasteiger partial charge in [-0.05, 0) is 19.1 Å². The third kappa shape index (κ3) is 2.59. The van der Waals surface area contributed by atoms with Crippen molar-refractivity contribution in [3.63, 3.8) is 0 Å². The third-order valence-corrected chi connectivity index (χ3v) is 2.73. The van der Waals surface area contributed by atoms with E-state index in [0.29, 0.717) is 11.4 Å². The number of aryl methyl sites for hydroxylation is 1. The summed E-state index contributed by atoms with van der Waals surface area (Å²) in [5.74, 6) is -1.10. The number of hydrogen-bond acceptors (Lipinski definition) is 4. The largest absolute Gasteiger partial charge is 0.478 e. The third-order valence-electron chi connectivity index (χ3n) is 2.73. The van der Waals surface area contributed by atoms with Crippen molar-refractivity contribution in [1.82, 2.24) is 14.8 Å². The van der Waals surface area contributed by atoms with Crippen LogP contribution in [0.2, 0.25) is 0 Å². The van der Waals surface area contributed by atoms with Gasteiger partial charge in [-0.2, -0.15) is 5.10 Å². The normalized spacial score (nSPS) is 10.2. The second-order valence-corrected chi connectivity index (χ2v) is 3.96. The highest BCUT2D eigenvalue weighted by atomic mass is 16.4. The van der Waals surface area contributed by atoms with Crippen LogP contribution in [0.5, 0.6) is 0 Å². The van der Waals surface area contributed by atoms with Gasteiger partial charge in [-0.15, -0.1) is 0 Å². The highest BCUT2D eigenvalue weighted by Gasteiger charge is 2.13. The number of carbonyl (C=O) groups excluding carboxylic acids is 1. The highest BCUT2D eigenvalue weighted by molar-refractivity contribution is 6.04. The van der Waals surface area contributed by atoms with E-state index in [0.717, 1.165) is 5.69 Å². The maximum absolute atomic E-state index is 11.9. The molecule has 0 saturated heterocycles. The molecule has 7 nitrogen and oxygen atoms in total. The number of carbonyl (C=O) groups is 2. The molecule has 0 spiro atoms. The molecule has 0 aliphatic rings. The van der Waals surface area contributed by atoms with Crippen LogP contribution >= 0.6 is 0 Å². The summed E-state index contributed by atoms with van der Waals surface area (Å²) in [4.78, 5) is 26.5. The number of amides is 1. The molecule has 0 bridgehead atoms. The van der Waals surface area contributed by atoms with E-state index in [-0.39, 0.29) is 11.5 Å². The van der Waals surface area contributed by atoms with E-state index in [4.69, 9.17) is 5.11 Å². The fourth-order valence-corrected chi connectivity index (χ4v) is 1.50. The Morgan fingerprint density at radius 3 is 2.53 bits per heavy atom. The van der Waals surface area contributed by atoms with Crippen LogP contribution in [0.4, 0.5) is 5.82 Å². The summed E-state index contributed by atoms with van der Waals surface area (Å²) in [6, 6.07) is 2.81. The number of nitrogens with one attached hydrogen (secondary N) is 1. The van der Waals surface area contributed by atoms with Crippen LogP contribution in [-0.4, -0.2) is 31.7 Å². The lowest BCUT2D eigenvalue weighted by Gasteiger charge is -2.04. The van der Waals surface area contributed by atoms with E-state index < -0.39 is 5.97 Å². The summed E-state index contributed by atoms with van der Waals surface area (Å²) >= 11 is 0. The Morgan fingerprint density at radius 1 is 1.32 bits per heavy atom. The minimum Gasteiger partial charge on any atom is -0.478 e. The van der Waals surface area contributed by atoms with Crippen LogP contribution in [0, 0.1) is 6.92 Å². The number of carboxylic acids is 1. The maximum atomic E-state index is 11.9. The number of carboxylic acid groups (broad SMARTS) is 1. The first-order valence-electron chi connectivity index (χ1n) is 5.48. The Hall–Kier alpha value is -2.70. The molecule has 2 aromatic heterocycles. The summed E-state index contributed by atoms with van der Waals surface area (Å²) in [5, 5.41) is 15.3. The zero-order valence-electron chi connectivity index (χ0n) is 10.4. The Bertz CT molecular complexity index is 631. The van der Waals surface area contributed by atoms with Gasteiger partial charge in [-0.3, -0.25) is 9.48 Å². The smallest absolute Gasteiger partial charge is 0.337 e. The molecular weight excluding hydrogens is 248 g/mol. The molecule has 0 aromatic carbocycles. The molecule has 19 heavy (non-hydrogen) atoms. The molecule has 0 fully saturated rings. The minimum absolute atomic E-state index is 0.0653. The van der Waals surface area contributed by atoms with Gasteiger partial charge >= 0.3 is 5.97 Å². The molecule has 0 aliphatic heterocycles. The van der Waals surface area contributed by atoms with Gasteiger partial charge in [-0.1, -0.05) is 0 Å². The van der Waals surface area contributed by atoms with Crippen molar-refractivity contribution in [2.75, 3.05) is 5.32 Å². The number of nitrogens with zero attached hydrogens (tertiary/aromatic N) is 3. The lowest BCUT2D eigenvalue weighted by atomic mass is 10.2. The first-order chi connectivity index (χ1) is 8.99. The number of aromatic carboxylic acids is 1. The minimum atomic E-state index is -1.06. The van der Waals surface area contributed by atoms with Crippen molar-refractivity contribution in [3.05, 3.63) is 41.3 Å². The average Bonchev–Trinajstić information content (AvgIpc) is 2.70. The lowest BCUT2D eigenvalue weighted by molar-refractivity contribution is 0.0696. The molecule has 0 saturated carbocycles. The van der Waals surface area contributed by atoms with Crippen LogP contribution in [0.15, 0.2) is 24.5 Å². The van der Waals surface area contributed by atoms with Gasteiger partial charge < -0.3 is 10.4 Å². The van der Waals surface area contributed by atoms with Crippen LogP contribution in [-0.2, 0) is 7.05 Å². The van der Waals surface area contributed by atoms with E-state index in [1.54, 1.807) is 18.7 Å². The number of rotatable bonds is 3. The van der Waals surface area contributed by atoms with Gasteiger partial charge in [-0.25, -0.2) is 9.78 Å². The summed E-state index contributed by atoms with van der Waals surface area (Å²) in [7, 11) is 1.74. The molecule has 0 atom stereocenters. The molecule has 98 valence electrons. The molecule has 2 N–H and O–H groups in total. The Balaban J connectivity index is 2.15. The zero-order valence-corrected chi connectivity index (χ0v) is 10.4. The number of anilines is 1. The van der Waals surface area contributed by atoms with Gasteiger partial charge in [0, 0.05) is 18.9 Å². The van der Waals surface area contributed by atoms with E-state index >= 15 is 0 Å². The van der Waals surface area contributed by atoms with Crippen molar-refractivity contribution in [1.29, 1.82) is 0 Å². The Morgan fingerprint density at radius 2 is 2.05 bits per heavy atom. The second-order valence-electron chi connectivity index (χ2n) is 3.96. The van der Waals surface area contributed by atoms with Gasteiger partial charge in [0.05, 0.1) is 17.3 Å². The van der Waals surface area contributed by atoms with Crippen molar-refractivity contribution in [2.45, 2.75) is 6.92 Å². The van der Waals surface area contributed by atoms with Gasteiger partial charge in [0.1, 0.15) is 5.82 Å². The van der Waals surface area contributed by atoms with Gasteiger partial charge in [0.25, 0.3) is 5.91 Å². The Kier molecular flexibility index (Phi) is 3.28. The van der Waals surface area contributed by atoms with Crippen molar-refractivity contribution < 1.29 is 14.7 Å². The summed E-state index contributed by atoms with van der Waals surface area (Å²) in [5.41, 5.74) is 1.25. The molecular formula is C12H12N4O3. The Labute approximate surface area is 108 Å². The lowest BCUT2D eigenvalue weighted by Crippen LogP contribution is -2.14. The first-order valence-corrected chi connectivity index (χ1v) is 5.48. The molecule has 0 aliphatic carbocycles. The summed E-state index contributed by atoms with van der Waals surface area (Å²) in [6.45, 7) is 1.78. The quantitative estimate of drug-likeness (QED) is 0.860. The molecule has 7 heteroatoms. The molecule has 2 heterocycles. The molecule has 0 unspecified atom stereocenters. The molecule has 2 aromatic rings. The number of pyridine rings is 1. The average molecular weight is 260 g/mol. The molecule has 1 amide bonds. The van der Waals surface area contributed by atoms with Crippen molar-refractivity contribution in [2.24, 2.45) is 7.05 Å².